The number of fused-ring (bicyclic) bond motifs is 3. The van der Waals surface area contributed by atoms with Gasteiger partial charge < -0.3 is 5.32 Å². The highest BCUT2D eigenvalue weighted by Crippen LogP contribution is 2.25. The van der Waals surface area contributed by atoms with Gasteiger partial charge in [0.2, 0.25) is 5.65 Å². The molecule has 0 amide bonds. The molecule has 1 aliphatic rings. The molecule has 2 aromatic carbocycles. The van der Waals surface area contributed by atoms with Gasteiger partial charge in [0.1, 0.15) is 5.82 Å². The van der Waals surface area contributed by atoms with Crippen LogP contribution in [-0.2, 0) is 0 Å². The van der Waals surface area contributed by atoms with Crippen molar-refractivity contribution in [1.82, 2.24) is 19.2 Å². The molecule has 1 aliphatic carbocycles. The van der Waals surface area contributed by atoms with E-state index in [0.717, 1.165) is 12.8 Å². The third-order valence-electron chi connectivity index (χ3n) is 5.09. The Balaban J connectivity index is 1.78. The van der Waals surface area contributed by atoms with Crippen molar-refractivity contribution < 1.29 is 4.39 Å². The lowest BCUT2D eigenvalue weighted by atomic mass is 10.2. The fraction of sp³-hybridized carbons (Fsp3) is 0.250. The van der Waals surface area contributed by atoms with Crippen LogP contribution in [0.4, 0.5) is 10.2 Å². The van der Waals surface area contributed by atoms with Crippen LogP contribution in [0.2, 0.25) is 0 Å². The number of benzene rings is 2. The van der Waals surface area contributed by atoms with Crippen LogP contribution in [0.3, 0.4) is 0 Å². The molecule has 5 rings (SSSR count). The molecule has 0 unspecified atom stereocenters. The van der Waals surface area contributed by atoms with Gasteiger partial charge in [-0.15, -0.1) is 5.10 Å². The number of rotatable bonds is 3. The summed E-state index contributed by atoms with van der Waals surface area (Å²) in [5, 5.41) is 7.95. The lowest BCUT2D eigenvalue weighted by Gasteiger charge is -2.13. The van der Waals surface area contributed by atoms with Gasteiger partial charge in [-0.25, -0.2) is 18.6 Å². The van der Waals surface area contributed by atoms with Gasteiger partial charge in [-0.2, -0.15) is 4.68 Å². The van der Waals surface area contributed by atoms with Crippen molar-refractivity contribution in [2.24, 2.45) is 0 Å². The van der Waals surface area contributed by atoms with Crippen molar-refractivity contribution in [1.29, 1.82) is 0 Å². The molecule has 6 nitrogen and oxygen atoms in total. The zero-order valence-electron chi connectivity index (χ0n) is 14.6. The minimum atomic E-state index is -0.413. The summed E-state index contributed by atoms with van der Waals surface area (Å²) in [7, 11) is 0. The average Bonchev–Trinajstić information content (AvgIpc) is 3.30. The van der Waals surface area contributed by atoms with Crippen LogP contribution in [0.15, 0.2) is 53.3 Å². The van der Waals surface area contributed by atoms with Crippen molar-refractivity contribution in [3.8, 4) is 5.69 Å². The van der Waals surface area contributed by atoms with Crippen LogP contribution in [0.1, 0.15) is 25.7 Å². The van der Waals surface area contributed by atoms with E-state index >= 15 is 0 Å². The van der Waals surface area contributed by atoms with Crippen LogP contribution in [0.25, 0.3) is 22.4 Å². The maximum Gasteiger partial charge on any atom is 0.355 e. The zero-order chi connectivity index (χ0) is 18.4. The topological polar surface area (TPSA) is 64.2 Å². The maximum absolute atomic E-state index is 13.7. The predicted molar refractivity (Wildman–Crippen MR) is 102 cm³/mol. The summed E-state index contributed by atoms with van der Waals surface area (Å²) in [5.41, 5.74) is 1.89. The molecular formula is C20H18FN5O. The van der Waals surface area contributed by atoms with Gasteiger partial charge >= 0.3 is 5.69 Å². The number of hydrogen-bond acceptors (Lipinski definition) is 4. The van der Waals surface area contributed by atoms with Crippen LogP contribution >= 0.6 is 0 Å². The summed E-state index contributed by atoms with van der Waals surface area (Å²) in [6.45, 7) is 0. The molecule has 0 saturated heterocycles. The van der Waals surface area contributed by atoms with Crippen LogP contribution in [0, 0.1) is 5.82 Å². The van der Waals surface area contributed by atoms with Gasteiger partial charge in [-0.1, -0.05) is 31.0 Å². The Morgan fingerprint density at radius 3 is 2.70 bits per heavy atom. The molecule has 7 heteroatoms. The largest absolute Gasteiger partial charge is 0.364 e. The maximum atomic E-state index is 13.7. The molecule has 0 aliphatic heterocycles. The number of halogens is 1. The summed E-state index contributed by atoms with van der Waals surface area (Å²) in [5.74, 6) is 0.177. The molecular weight excluding hydrogens is 345 g/mol. The summed E-state index contributed by atoms with van der Waals surface area (Å²) >= 11 is 0. The number of hydrogen-bond donors (Lipinski definition) is 1. The number of para-hydroxylation sites is 2. The second-order valence-corrected chi connectivity index (χ2v) is 6.91. The Morgan fingerprint density at radius 1 is 1.07 bits per heavy atom. The van der Waals surface area contributed by atoms with Crippen molar-refractivity contribution >= 4 is 22.5 Å². The Morgan fingerprint density at radius 2 is 1.89 bits per heavy atom. The summed E-state index contributed by atoms with van der Waals surface area (Å²) < 4.78 is 16.4. The molecule has 0 radical (unpaired) electrons. The van der Waals surface area contributed by atoms with Crippen LogP contribution < -0.4 is 11.0 Å². The lowest BCUT2D eigenvalue weighted by molar-refractivity contribution is 0.625. The molecule has 1 fully saturated rings. The van der Waals surface area contributed by atoms with E-state index in [0.29, 0.717) is 34.2 Å². The van der Waals surface area contributed by atoms with Crippen LogP contribution in [-0.4, -0.2) is 25.2 Å². The fourth-order valence-corrected chi connectivity index (χ4v) is 3.79. The van der Waals surface area contributed by atoms with Gasteiger partial charge in [-0.3, -0.25) is 0 Å². The normalized spacial score (nSPS) is 15.0. The lowest BCUT2D eigenvalue weighted by Crippen LogP contribution is -2.21. The minimum absolute atomic E-state index is 0.330. The number of nitrogens with zero attached hydrogens (tertiary/aromatic N) is 4. The highest BCUT2D eigenvalue weighted by Gasteiger charge is 2.21. The van der Waals surface area contributed by atoms with Crippen LogP contribution in [0.5, 0.6) is 0 Å². The van der Waals surface area contributed by atoms with E-state index in [-0.39, 0.29) is 5.69 Å². The molecule has 0 atom stereocenters. The fourth-order valence-electron chi connectivity index (χ4n) is 3.79. The smallest absolute Gasteiger partial charge is 0.355 e. The Hall–Kier alpha value is -3.22. The third kappa shape index (κ3) is 2.66. The van der Waals surface area contributed by atoms with E-state index in [4.69, 9.17) is 4.98 Å². The molecule has 1 saturated carbocycles. The summed E-state index contributed by atoms with van der Waals surface area (Å²) in [6, 6.07) is 13.7. The number of nitrogens with one attached hydrogen (secondary N) is 1. The van der Waals surface area contributed by atoms with E-state index in [1.807, 2.05) is 24.3 Å². The Labute approximate surface area is 154 Å². The van der Waals surface area contributed by atoms with E-state index in [1.165, 1.54) is 29.7 Å². The Bertz CT molecular complexity index is 1210. The van der Waals surface area contributed by atoms with E-state index in [2.05, 4.69) is 10.4 Å². The SMILES string of the molecule is O=c1n(-c2cccc(F)c2)nc2c(NC3CCCC3)nc3ccccc3n12. The van der Waals surface area contributed by atoms with Crippen molar-refractivity contribution in [3.63, 3.8) is 0 Å². The first kappa shape index (κ1) is 16.0. The third-order valence-corrected chi connectivity index (χ3v) is 5.09. The molecule has 1 N–H and O–H groups in total. The van der Waals surface area contributed by atoms with Gasteiger partial charge in [0.25, 0.3) is 0 Å². The molecule has 0 spiro atoms. The van der Waals surface area contributed by atoms with Gasteiger partial charge in [-0.05, 0) is 43.2 Å². The average molecular weight is 363 g/mol. The first-order chi connectivity index (χ1) is 13.2. The molecule has 2 aromatic heterocycles. The molecule has 4 aromatic rings. The van der Waals surface area contributed by atoms with E-state index in [1.54, 1.807) is 16.5 Å². The monoisotopic (exact) mass is 363 g/mol. The summed E-state index contributed by atoms with van der Waals surface area (Å²) in [4.78, 5) is 17.8. The Kier molecular flexibility index (Phi) is 3.67. The quantitative estimate of drug-likeness (QED) is 0.605. The second kappa shape index (κ2) is 6.19. The van der Waals surface area contributed by atoms with Gasteiger partial charge in [0.05, 0.1) is 16.7 Å². The van der Waals surface area contributed by atoms with Crippen molar-refractivity contribution in [3.05, 3.63) is 64.8 Å². The van der Waals surface area contributed by atoms with E-state index < -0.39 is 5.82 Å². The van der Waals surface area contributed by atoms with Crippen molar-refractivity contribution in [2.45, 2.75) is 31.7 Å². The van der Waals surface area contributed by atoms with Gasteiger partial charge in [0.15, 0.2) is 5.82 Å². The number of aromatic nitrogens is 4. The predicted octanol–water partition coefficient (Wildman–Crippen LogP) is 3.53. The van der Waals surface area contributed by atoms with E-state index in [9.17, 15) is 9.18 Å². The number of anilines is 1. The zero-order valence-corrected chi connectivity index (χ0v) is 14.6. The molecule has 27 heavy (non-hydrogen) atoms. The second-order valence-electron chi connectivity index (χ2n) is 6.91. The van der Waals surface area contributed by atoms with Crippen molar-refractivity contribution in [2.75, 3.05) is 5.32 Å². The molecule has 0 bridgehead atoms. The highest BCUT2D eigenvalue weighted by atomic mass is 19.1. The first-order valence-corrected chi connectivity index (χ1v) is 9.14. The first-order valence-electron chi connectivity index (χ1n) is 9.14. The standard InChI is InChI=1S/C20H18FN5O/c21-13-6-5-9-15(12-13)26-20(27)25-17-11-4-3-10-16(17)23-18(19(25)24-26)22-14-7-1-2-8-14/h3-6,9-12,14H,1-2,7-8H2,(H,22,23). The summed E-state index contributed by atoms with van der Waals surface area (Å²) in [6.07, 6.45) is 4.53. The van der Waals surface area contributed by atoms with Gasteiger partial charge in [0, 0.05) is 6.04 Å². The highest BCUT2D eigenvalue weighted by molar-refractivity contribution is 5.82. The molecule has 136 valence electrons. The molecule has 2 heterocycles. The minimum Gasteiger partial charge on any atom is -0.364 e.